The molecule has 0 radical (unpaired) electrons. The molecular weight excluding hydrogens is 274 g/mol. The lowest BCUT2D eigenvalue weighted by Gasteiger charge is -2.03. The van der Waals surface area contributed by atoms with E-state index < -0.39 is 6.29 Å². The van der Waals surface area contributed by atoms with Crippen LogP contribution in [0.2, 0.25) is 0 Å². The fraction of sp³-hybridized carbons (Fsp3) is 0.417. The van der Waals surface area contributed by atoms with Crippen LogP contribution in [0.4, 0.5) is 8.78 Å². The Kier molecular flexibility index (Phi) is 3.75. The molecule has 0 aliphatic carbocycles. The van der Waals surface area contributed by atoms with Crippen molar-refractivity contribution in [1.29, 1.82) is 0 Å². The van der Waals surface area contributed by atoms with Crippen LogP contribution in [0.5, 0.6) is 0 Å². The number of imidazole rings is 1. The molecule has 0 bridgehead atoms. The summed E-state index contributed by atoms with van der Waals surface area (Å²) in [6.07, 6.45) is 0.935. The molecule has 7 heteroatoms. The monoisotopic (exact) mass is 288 g/mol. The minimum atomic E-state index is -3.62. The van der Waals surface area contributed by atoms with Gasteiger partial charge in [-0.05, 0) is 31.6 Å². The number of hydrogen-bond acceptors (Lipinski definition) is 3. The SMILES string of the molecule is CC=C1OC(F)(F)O/C1=C/c1[nH]c(=S)[nH]c1CCC. The van der Waals surface area contributed by atoms with Crippen LogP contribution < -0.4 is 0 Å². The quantitative estimate of drug-likeness (QED) is 0.830. The molecule has 0 atom stereocenters. The lowest BCUT2D eigenvalue weighted by molar-refractivity contribution is -0.326. The third-order valence-electron chi connectivity index (χ3n) is 2.58. The number of aryl methyl sites for hydroxylation is 1. The number of allylic oxidation sites excluding steroid dienone is 1. The number of alkyl halides is 2. The minimum absolute atomic E-state index is 0.00738. The zero-order valence-corrected chi connectivity index (χ0v) is 11.4. The third-order valence-corrected chi connectivity index (χ3v) is 2.78. The molecule has 0 saturated carbocycles. The maximum Gasteiger partial charge on any atom is 0.586 e. The van der Waals surface area contributed by atoms with Gasteiger partial charge < -0.3 is 19.4 Å². The molecule has 2 rings (SSSR count). The Bertz CT molecular complexity index is 587. The highest BCUT2D eigenvalue weighted by atomic mass is 32.1. The third kappa shape index (κ3) is 3.04. The molecule has 0 aromatic carbocycles. The Labute approximate surface area is 114 Å². The van der Waals surface area contributed by atoms with Crippen molar-refractivity contribution in [3.8, 4) is 0 Å². The first-order valence-electron chi connectivity index (χ1n) is 5.90. The summed E-state index contributed by atoms with van der Waals surface area (Å²) < 4.78 is 35.3. The largest absolute Gasteiger partial charge is 0.586 e. The number of hydrogen-bond donors (Lipinski definition) is 2. The van der Waals surface area contributed by atoms with Crippen LogP contribution in [-0.2, 0) is 15.9 Å². The van der Waals surface area contributed by atoms with Crippen LogP contribution in [-0.4, -0.2) is 16.3 Å². The van der Waals surface area contributed by atoms with E-state index in [9.17, 15) is 8.78 Å². The Morgan fingerprint density at radius 2 is 1.95 bits per heavy atom. The summed E-state index contributed by atoms with van der Waals surface area (Å²) >= 11 is 5.00. The first kappa shape index (κ1) is 13.8. The van der Waals surface area contributed by atoms with Gasteiger partial charge in [0.15, 0.2) is 16.3 Å². The molecule has 2 N–H and O–H groups in total. The fourth-order valence-corrected chi connectivity index (χ4v) is 2.05. The highest BCUT2D eigenvalue weighted by molar-refractivity contribution is 7.71. The van der Waals surface area contributed by atoms with E-state index in [0.29, 0.717) is 10.5 Å². The molecule has 1 aliphatic rings. The molecule has 0 amide bonds. The maximum absolute atomic E-state index is 13.0. The lowest BCUT2D eigenvalue weighted by atomic mass is 10.2. The number of ether oxygens (including phenoxy) is 2. The average Bonchev–Trinajstić information content (AvgIpc) is 2.80. The number of nitrogens with one attached hydrogen (secondary N) is 2. The average molecular weight is 288 g/mol. The van der Waals surface area contributed by atoms with E-state index in [2.05, 4.69) is 19.4 Å². The van der Waals surface area contributed by atoms with E-state index in [1.807, 2.05) is 6.92 Å². The van der Waals surface area contributed by atoms with Crippen molar-refractivity contribution in [3.05, 3.63) is 33.8 Å². The van der Waals surface area contributed by atoms with E-state index in [1.54, 1.807) is 6.92 Å². The predicted molar refractivity (Wildman–Crippen MR) is 68.8 cm³/mol. The van der Waals surface area contributed by atoms with Gasteiger partial charge in [0.05, 0.1) is 5.69 Å². The summed E-state index contributed by atoms with van der Waals surface area (Å²) in [4.78, 5) is 5.89. The summed E-state index contributed by atoms with van der Waals surface area (Å²) in [6.45, 7) is 3.61. The van der Waals surface area contributed by atoms with Crippen molar-refractivity contribution >= 4 is 18.3 Å². The van der Waals surface area contributed by atoms with E-state index in [1.165, 1.54) is 12.2 Å². The smallest absolute Gasteiger partial charge is 0.396 e. The van der Waals surface area contributed by atoms with Gasteiger partial charge in [0, 0.05) is 11.8 Å². The van der Waals surface area contributed by atoms with Gasteiger partial charge in [0.1, 0.15) is 0 Å². The van der Waals surface area contributed by atoms with Crippen LogP contribution in [0.1, 0.15) is 31.7 Å². The number of H-pyrrole nitrogens is 2. The van der Waals surface area contributed by atoms with E-state index >= 15 is 0 Å². The van der Waals surface area contributed by atoms with Crippen LogP contribution in [0.3, 0.4) is 0 Å². The highest BCUT2D eigenvalue weighted by Gasteiger charge is 2.45. The summed E-state index contributed by atoms with van der Waals surface area (Å²) in [5.74, 6) is -0.0110. The fourth-order valence-electron chi connectivity index (χ4n) is 1.81. The molecular formula is C12H14F2N2O2S. The van der Waals surface area contributed by atoms with Crippen molar-refractivity contribution in [2.45, 2.75) is 33.0 Å². The van der Waals surface area contributed by atoms with Crippen molar-refractivity contribution < 1.29 is 18.3 Å². The Hall–Kier alpha value is -1.63. The van der Waals surface area contributed by atoms with E-state index in [0.717, 1.165) is 18.5 Å². The molecule has 0 unspecified atom stereocenters. The Morgan fingerprint density at radius 3 is 2.58 bits per heavy atom. The molecule has 1 fully saturated rings. The van der Waals surface area contributed by atoms with Gasteiger partial charge in [-0.1, -0.05) is 13.3 Å². The number of aromatic amines is 2. The molecule has 1 aromatic rings. The number of aromatic nitrogens is 2. The zero-order chi connectivity index (χ0) is 14.0. The van der Waals surface area contributed by atoms with Crippen molar-refractivity contribution in [2.75, 3.05) is 0 Å². The van der Waals surface area contributed by atoms with E-state index in [4.69, 9.17) is 12.2 Å². The lowest BCUT2D eigenvalue weighted by Crippen LogP contribution is -2.14. The normalized spacial score (nSPS) is 21.7. The molecule has 0 spiro atoms. The minimum Gasteiger partial charge on any atom is -0.396 e. The first-order valence-corrected chi connectivity index (χ1v) is 6.31. The van der Waals surface area contributed by atoms with Gasteiger partial charge >= 0.3 is 6.29 Å². The number of halogens is 2. The maximum atomic E-state index is 13.0. The summed E-state index contributed by atoms with van der Waals surface area (Å²) in [7, 11) is 0. The molecule has 1 saturated heterocycles. The second-order valence-corrected chi connectivity index (χ2v) is 4.46. The molecule has 1 aromatic heterocycles. The second-order valence-electron chi connectivity index (χ2n) is 4.05. The summed E-state index contributed by atoms with van der Waals surface area (Å²) in [5, 5.41) is 0. The van der Waals surface area contributed by atoms with Crippen molar-refractivity contribution in [3.63, 3.8) is 0 Å². The van der Waals surface area contributed by atoms with Crippen LogP contribution in [0.15, 0.2) is 17.6 Å². The molecule has 19 heavy (non-hydrogen) atoms. The van der Waals surface area contributed by atoms with Crippen LogP contribution in [0.25, 0.3) is 6.08 Å². The van der Waals surface area contributed by atoms with Crippen molar-refractivity contribution in [1.82, 2.24) is 9.97 Å². The Morgan fingerprint density at radius 1 is 1.26 bits per heavy atom. The molecule has 4 nitrogen and oxygen atoms in total. The van der Waals surface area contributed by atoms with E-state index in [-0.39, 0.29) is 11.5 Å². The summed E-state index contributed by atoms with van der Waals surface area (Å²) in [6, 6.07) is 0. The van der Waals surface area contributed by atoms with Gasteiger partial charge in [0.25, 0.3) is 0 Å². The first-order chi connectivity index (χ1) is 8.95. The zero-order valence-electron chi connectivity index (χ0n) is 10.5. The summed E-state index contributed by atoms with van der Waals surface area (Å²) in [5.41, 5.74) is 1.48. The Balaban J connectivity index is 2.38. The van der Waals surface area contributed by atoms with Gasteiger partial charge in [-0.2, -0.15) is 0 Å². The predicted octanol–water partition coefficient (Wildman–Crippen LogP) is 3.87. The van der Waals surface area contributed by atoms with Gasteiger partial charge in [0.2, 0.25) is 0 Å². The highest BCUT2D eigenvalue weighted by Crippen LogP contribution is 2.37. The van der Waals surface area contributed by atoms with Crippen molar-refractivity contribution in [2.24, 2.45) is 0 Å². The van der Waals surface area contributed by atoms with Gasteiger partial charge in [-0.25, -0.2) is 0 Å². The number of rotatable bonds is 3. The van der Waals surface area contributed by atoms with Crippen LogP contribution in [0, 0.1) is 4.77 Å². The topological polar surface area (TPSA) is 50.0 Å². The second kappa shape index (κ2) is 5.16. The van der Waals surface area contributed by atoms with Crippen LogP contribution >= 0.6 is 12.2 Å². The molecule has 1 aliphatic heterocycles. The van der Waals surface area contributed by atoms with Gasteiger partial charge in [-0.3, -0.25) is 0 Å². The van der Waals surface area contributed by atoms with Gasteiger partial charge in [-0.15, -0.1) is 8.78 Å². The molecule has 2 heterocycles. The standard InChI is InChI=1S/C12H14F2N2O2S/c1-3-5-7-8(16-11(19)15-7)6-10-9(4-2)17-12(13,14)18-10/h4,6H,3,5H2,1-2H3,(H2,15,16,19)/b9-4?,10-6+. The molecule has 104 valence electrons.